The summed E-state index contributed by atoms with van der Waals surface area (Å²) < 4.78 is 28.7. The third-order valence-corrected chi connectivity index (χ3v) is 5.23. The maximum absolute atomic E-state index is 12.3. The number of hydrogen-bond donors (Lipinski definition) is 1. The van der Waals surface area contributed by atoms with Gasteiger partial charge in [0.05, 0.1) is 5.69 Å². The lowest BCUT2D eigenvalue weighted by Gasteiger charge is -2.26. The van der Waals surface area contributed by atoms with E-state index in [-0.39, 0.29) is 0 Å². The molecule has 0 unspecified atom stereocenters. The molecule has 4 nitrogen and oxygen atoms in total. The quantitative estimate of drug-likeness (QED) is 0.820. The van der Waals surface area contributed by atoms with Gasteiger partial charge in [-0.05, 0) is 43.4 Å². The van der Waals surface area contributed by atoms with Gasteiger partial charge in [0.15, 0.2) is 0 Å². The number of benzene rings is 1. The van der Waals surface area contributed by atoms with E-state index in [0.29, 0.717) is 24.7 Å². The van der Waals surface area contributed by atoms with E-state index in [1.807, 2.05) is 18.2 Å². The zero-order valence-electron chi connectivity index (χ0n) is 11.5. The molecule has 0 spiro atoms. The zero-order chi connectivity index (χ0) is 14.4. The molecule has 1 aromatic carbocycles. The molecule has 0 atom stereocenters. The van der Waals surface area contributed by atoms with Gasteiger partial charge in [0.2, 0.25) is 0 Å². The molecule has 0 aromatic heterocycles. The number of piperidine rings is 1. The van der Waals surface area contributed by atoms with Gasteiger partial charge in [0.1, 0.15) is 0 Å². The van der Waals surface area contributed by atoms with Gasteiger partial charge >= 0.3 is 10.2 Å². The van der Waals surface area contributed by atoms with Crippen LogP contribution in [0.15, 0.2) is 24.3 Å². The molecule has 0 saturated carbocycles. The van der Waals surface area contributed by atoms with Gasteiger partial charge in [0, 0.05) is 19.0 Å². The third kappa shape index (κ3) is 4.36. The Morgan fingerprint density at radius 1 is 1.20 bits per heavy atom. The molecule has 1 saturated heterocycles. The Morgan fingerprint density at radius 2 is 1.95 bits per heavy atom. The van der Waals surface area contributed by atoms with Gasteiger partial charge in [-0.1, -0.05) is 18.6 Å². The van der Waals surface area contributed by atoms with Crippen LogP contribution in [0.5, 0.6) is 0 Å². The molecule has 1 N–H and O–H groups in total. The molecule has 0 radical (unpaired) electrons. The molecule has 112 valence electrons. The summed E-state index contributed by atoms with van der Waals surface area (Å²) in [6, 6.07) is 7.53. The third-order valence-electron chi connectivity index (χ3n) is 3.43. The molecule has 0 amide bonds. The highest BCUT2D eigenvalue weighted by Gasteiger charge is 2.23. The molecule has 0 aliphatic carbocycles. The normalized spacial score (nSPS) is 17.1. The topological polar surface area (TPSA) is 49.4 Å². The highest BCUT2D eigenvalue weighted by atomic mass is 35.5. The van der Waals surface area contributed by atoms with Crippen LogP contribution in [0.2, 0.25) is 0 Å². The van der Waals surface area contributed by atoms with Gasteiger partial charge in [-0.25, -0.2) is 0 Å². The average Bonchev–Trinajstić information content (AvgIpc) is 2.46. The number of nitrogens with one attached hydrogen (secondary N) is 1. The van der Waals surface area contributed by atoms with Crippen molar-refractivity contribution >= 4 is 27.5 Å². The van der Waals surface area contributed by atoms with Crippen molar-refractivity contribution in [3.63, 3.8) is 0 Å². The summed E-state index contributed by atoms with van der Waals surface area (Å²) in [7, 11) is -3.42. The van der Waals surface area contributed by atoms with E-state index in [4.69, 9.17) is 11.6 Å². The van der Waals surface area contributed by atoms with Crippen molar-refractivity contribution in [3.05, 3.63) is 29.8 Å². The first-order valence-electron chi connectivity index (χ1n) is 7.04. The number of hydrogen-bond acceptors (Lipinski definition) is 2. The Morgan fingerprint density at radius 3 is 2.65 bits per heavy atom. The van der Waals surface area contributed by atoms with E-state index in [0.717, 1.165) is 37.7 Å². The maximum atomic E-state index is 12.3. The lowest BCUT2D eigenvalue weighted by Crippen LogP contribution is -2.39. The van der Waals surface area contributed by atoms with Crippen LogP contribution in [-0.4, -0.2) is 31.7 Å². The summed E-state index contributed by atoms with van der Waals surface area (Å²) in [4.78, 5) is 0. The average molecular weight is 317 g/mol. The van der Waals surface area contributed by atoms with Crippen LogP contribution in [0.1, 0.15) is 31.2 Å². The molecule has 1 fully saturated rings. The molecule has 1 heterocycles. The van der Waals surface area contributed by atoms with Crippen LogP contribution in [0.3, 0.4) is 0 Å². The molecule has 1 aromatic rings. The van der Waals surface area contributed by atoms with E-state index < -0.39 is 10.2 Å². The van der Waals surface area contributed by atoms with E-state index >= 15 is 0 Å². The van der Waals surface area contributed by atoms with Crippen LogP contribution in [0.4, 0.5) is 5.69 Å². The van der Waals surface area contributed by atoms with Crippen molar-refractivity contribution < 1.29 is 8.42 Å². The summed E-state index contributed by atoms with van der Waals surface area (Å²) in [6.45, 7) is 1.22. The van der Waals surface area contributed by atoms with E-state index in [2.05, 4.69) is 4.72 Å². The highest BCUT2D eigenvalue weighted by molar-refractivity contribution is 7.90. The van der Waals surface area contributed by atoms with Crippen LogP contribution < -0.4 is 4.72 Å². The largest absolute Gasteiger partial charge is 0.301 e. The maximum Gasteiger partial charge on any atom is 0.301 e. The number of alkyl halides is 1. The van der Waals surface area contributed by atoms with Crippen LogP contribution in [0, 0.1) is 0 Å². The van der Waals surface area contributed by atoms with Gasteiger partial charge < -0.3 is 0 Å². The minimum Gasteiger partial charge on any atom is -0.271 e. The minimum atomic E-state index is -3.42. The van der Waals surface area contributed by atoms with Crippen molar-refractivity contribution in [1.29, 1.82) is 0 Å². The molecular formula is C14H21ClN2O2S. The van der Waals surface area contributed by atoms with Crippen molar-refractivity contribution in [3.8, 4) is 0 Å². The van der Waals surface area contributed by atoms with Crippen molar-refractivity contribution in [1.82, 2.24) is 4.31 Å². The summed E-state index contributed by atoms with van der Waals surface area (Å²) in [5.74, 6) is 0.615. The monoisotopic (exact) mass is 316 g/mol. The molecule has 1 aliphatic rings. The number of nitrogens with zero attached hydrogens (tertiary/aromatic N) is 1. The predicted molar refractivity (Wildman–Crippen MR) is 83.4 cm³/mol. The van der Waals surface area contributed by atoms with Gasteiger partial charge in [-0.3, -0.25) is 4.72 Å². The van der Waals surface area contributed by atoms with Crippen LogP contribution in [-0.2, 0) is 16.6 Å². The number of rotatable bonds is 6. The summed E-state index contributed by atoms with van der Waals surface area (Å²) in [6.07, 6.45) is 4.75. The second-order valence-electron chi connectivity index (χ2n) is 5.06. The molecule has 6 heteroatoms. The summed E-state index contributed by atoms with van der Waals surface area (Å²) in [5.41, 5.74) is 1.73. The first kappa shape index (κ1) is 15.6. The van der Waals surface area contributed by atoms with Crippen molar-refractivity contribution in [2.24, 2.45) is 0 Å². The van der Waals surface area contributed by atoms with Gasteiger partial charge in [0.25, 0.3) is 0 Å². The van der Waals surface area contributed by atoms with Gasteiger partial charge in [-0.2, -0.15) is 12.7 Å². The first-order valence-corrected chi connectivity index (χ1v) is 9.02. The Labute approximate surface area is 126 Å². The minimum absolute atomic E-state index is 0.612. The molecule has 2 rings (SSSR count). The number of anilines is 1. The van der Waals surface area contributed by atoms with Crippen LogP contribution >= 0.6 is 11.6 Å². The molecule has 1 aliphatic heterocycles. The Hall–Kier alpha value is -0.780. The van der Waals surface area contributed by atoms with Gasteiger partial charge in [-0.15, -0.1) is 11.6 Å². The fourth-order valence-corrected chi connectivity index (χ4v) is 3.81. The van der Waals surface area contributed by atoms with E-state index in [1.165, 1.54) is 4.31 Å². The predicted octanol–water partition coefficient (Wildman–Crippen LogP) is 3.00. The van der Waals surface area contributed by atoms with Crippen molar-refractivity contribution in [2.75, 3.05) is 23.7 Å². The van der Waals surface area contributed by atoms with E-state index in [9.17, 15) is 8.42 Å². The summed E-state index contributed by atoms with van der Waals surface area (Å²) in [5, 5.41) is 0. The molecular weight excluding hydrogens is 296 g/mol. The standard InChI is InChI=1S/C14H21ClN2O2S/c15-9-5-7-13-6-4-8-14(12-13)16-20(18,19)17-10-2-1-3-11-17/h4,6,8,12,16H,1-3,5,7,9-11H2. The SMILES string of the molecule is O=S(=O)(Nc1cccc(CCCCl)c1)N1CCCCC1. The lowest BCUT2D eigenvalue weighted by molar-refractivity contribution is 0.349. The first-order chi connectivity index (χ1) is 9.62. The zero-order valence-corrected chi connectivity index (χ0v) is 13.1. The Balaban J connectivity index is 2.04. The number of halogens is 1. The molecule has 0 bridgehead atoms. The van der Waals surface area contributed by atoms with Crippen molar-refractivity contribution in [2.45, 2.75) is 32.1 Å². The van der Waals surface area contributed by atoms with Crippen LogP contribution in [0.25, 0.3) is 0 Å². The van der Waals surface area contributed by atoms with E-state index in [1.54, 1.807) is 6.07 Å². The molecule has 20 heavy (non-hydrogen) atoms. The fraction of sp³-hybridized carbons (Fsp3) is 0.571. The Kier molecular flexibility index (Phi) is 5.69. The number of aryl methyl sites for hydroxylation is 1. The highest BCUT2D eigenvalue weighted by Crippen LogP contribution is 2.18. The second-order valence-corrected chi connectivity index (χ2v) is 7.11. The smallest absolute Gasteiger partial charge is 0.271 e. The fourth-order valence-electron chi connectivity index (χ4n) is 2.38. The lowest BCUT2D eigenvalue weighted by atomic mass is 10.1. The summed E-state index contributed by atoms with van der Waals surface area (Å²) >= 11 is 5.68. The second kappa shape index (κ2) is 7.29. The Bertz CT molecular complexity index is 528.